The minimum absolute atomic E-state index is 0.150. The molecule has 1 heterocycles. The van der Waals surface area contributed by atoms with Crippen molar-refractivity contribution in [2.24, 2.45) is 0 Å². The molecule has 5 heteroatoms. The SMILES string of the molecule is Cc1cc(Cl)cc2c(=O)n(-c3ccc(O)cc3)c(C)nc12. The molecule has 1 N–H and O–H groups in total. The molecular weight excluding hydrogens is 288 g/mol. The Morgan fingerprint density at radius 2 is 1.81 bits per heavy atom. The fourth-order valence-corrected chi connectivity index (χ4v) is 2.70. The predicted molar refractivity (Wildman–Crippen MR) is 83.5 cm³/mol. The summed E-state index contributed by atoms with van der Waals surface area (Å²) in [5, 5.41) is 10.4. The van der Waals surface area contributed by atoms with E-state index in [1.807, 2.05) is 6.92 Å². The van der Waals surface area contributed by atoms with Crippen molar-refractivity contribution >= 4 is 22.5 Å². The van der Waals surface area contributed by atoms with Gasteiger partial charge in [-0.1, -0.05) is 11.6 Å². The number of nitrogens with zero attached hydrogens (tertiary/aromatic N) is 2. The van der Waals surface area contributed by atoms with E-state index in [9.17, 15) is 9.90 Å². The quantitative estimate of drug-likeness (QED) is 0.749. The standard InChI is InChI=1S/C16H13ClN2O2/c1-9-7-11(17)8-14-15(9)18-10(2)19(16(14)21)12-3-5-13(20)6-4-12/h3-8,20H,1-2H3. The first kappa shape index (κ1) is 13.6. The third-order valence-corrected chi connectivity index (χ3v) is 3.62. The van der Waals surface area contributed by atoms with Gasteiger partial charge in [0.25, 0.3) is 5.56 Å². The molecule has 0 fully saturated rings. The maximum atomic E-state index is 12.7. The van der Waals surface area contributed by atoms with Crippen LogP contribution in [0.15, 0.2) is 41.2 Å². The van der Waals surface area contributed by atoms with Crippen LogP contribution in [0.5, 0.6) is 5.75 Å². The maximum absolute atomic E-state index is 12.7. The average molecular weight is 301 g/mol. The van der Waals surface area contributed by atoms with Gasteiger partial charge in [-0.2, -0.15) is 0 Å². The van der Waals surface area contributed by atoms with E-state index in [0.29, 0.717) is 27.4 Å². The van der Waals surface area contributed by atoms with Crippen molar-refractivity contribution in [1.82, 2.24) is 9.55 Å². The lowest BCUT2D eigenvalue weighted by Gasteiger charge is -2.12. The Labute approximate surface area is 126 Å². The number of aromatic nitrogens is 2. The molecule has 0 aliphatic rings. The van der Waals surface area contributed by atoms with Gasteiger partial charge in [0.2, 0.25) is 0 Å². The number of halogens is 1. The number of phenols is 1. The highest BCUT2D eigenvalue weighted by Gasteiger charge is 2.12. The fraction of sp³-hybridized carbons (Fsp3) is 0.125. The van der Waals surface area contributed by atoms with Gasteiger partial charge in [-0.25, -0.2) is 4.98 Å². The lowest BCUT2D eigenvalue weighted by atomic mass is 10.1. The molecule has 4 nitrogen and oxygen atoms in total. The van der Waals surface area contributed by atoms with Crippen LogP contribution in [0.1, 0.15) is 11.4 Å². The zero-order chi connectivity index (χ0) is 15.1. The summed E-state index contributed by atoms with van der Waals surface area (Å²) in [6.07, 6.45) is 0. The predicted octanol–water partition coefficient (Wildman–Crippen LogP) is 3.36. The number of aromatic hydroxyl groups is 1. The number of rotatable bonds is 1. The molecule has 0 saturated carbocycles. The smallest absolute Gasteiger partial charge is 0.266 e. The largest absolute Gasteiger partial charge is 0.508 e. The molecule has 0 radical (unpaired) electrons. The van der Waals surface area contributed by atoms with E-state index < -0.39 is 0 Å². The van der Waals surface area contributed by atoms with Gasteiger partial charge < -0.3 is 5.11 Å². The molecule has 1 aromatic heterocycles. The lowest BCUT2D eigenvalue weighted by molar-refractivity contribution is 0.475. The van der Waals surface area contributed by atoms with Gasteiger partial charge in [0.05, 0.1) is 16.6 Å². The van der Waals surface area contributed by atoms with Gasteiger partial charge >= 0.3 is 0 Å². The van der Waals surface area contributed by atoms with E-state index in [0.717, 1.165) is 5.56 Å². The molecule has 0 aliphatic heterocycles. The van der Waals surface area contributed by atoms with Gasteiger partial charge in [0.1, 0.15) is 11.6 Å². The van der Waals surface area contributed by atoms with Crippen molar-refractivity contribution in [3.05, 3.63) is 63.2 Å². The summed E-state index contributed by atoms with van der Waals surface area (Å²) in [6.45, 7) is 3.66. The van der Waals surface area contributed by atoms with Crippen LogP contribution >= 0.6 is 11.6 Å². The second-order valence-corrected chi connectivity index (χ2v) is 5.37. The second-order valence-electron chi connectivity index (χ2n) is 4.93. The maximum Gasteiger partial charge on any atom is 0.266 e. The first-order valence-corrected chi connectivity index (χ1v) is 6.84. The number of benzene rings is 2. The monoisotopic (exact) mass is 300 g/mol. The summed E-state index contributed by atoms with van der Waals surface area (Å²) in [6, 6.07) is 9.85. The molecule has 0 unspecified atom stereocenters. The Morgan fingerprint density at radius 3 is 2.48 bits per heavy atom. The van der Waals surface area contributed by atoms with Crippen LogP contribution in [0.2, 0.25) is 5.02 Å². The van der Waals surface area contributed by atoms with Crippen LogP contribution in [0, 0.1) is 13.8 Å². The summed E-state index contributed by atoms with van der Waals surface area (Å²) in [5.74, 6) is 0.737. The van der Waals surface area contributed by atoms with E-state index >= 15 is 0 Å². The van der Waals surface area contributed by atoms with E-state index in [1.165, 1.54) is 16.7 Å². The average Bonchev–Trinajstić information content (AvgIpc) is 2.42. The molecule has 0 aliphatic carbocycles. The molecule has 21 heavy (non-hydrogen) atoms. The fourth-order valence-electron chi connectivity index (χ4n) is 2.43. The number of phenolic OH excluding ortho intramolecular Hbond substituents is 1. The summed E-state index contributed by atoms with van der Waals surface area (Å²) < 4.78 is 1.51. The number of hydrogen-bond acceptors (Lipinski definition) is 3. The van der Waals surface area contributed by atoms with E-state index in [4.69, 9.17) is 11.6 Å². The van der Waals surface area contributed by atoms with Gasteiger partial charge in [0.15, 0.2) is 0 Å². The molecule has 106 valence electrons. The van der Waals surface area contributed by atoms with Crippen molar-refractivity contribution in [2.45, 2.75) is 13.8 Å². The molecule has 0 bridgehead atoms. The minimum Gasteiger partial charge on any atom is -0.508 e. The Hall–Kier alpha value is -2.33. The highest BCUT2D eigenvalue weighted by Crippen LogP contribution is 2.21. The number of fused-ring (bicyclic) bond motifs is 1. The van der Waals surface area contributed by atoms with Crippen LogP contribution in [-0.2, 0) is 0 Å². The van der Waals surface area contributed by atoms with Crippen molar-refractivity contribution in [2.75, 3.05) is 0 Å². The first-order valence-electron chi connectivity index (χ1n) is 6.46. The van der Waals surface area contributed by atoms with Crippen molar-refractivity contribution < 1.29 is 5.11 Å². The number of aryl methyl sites for hydroxylation is 2. The molecule has 3 aromatic rings. The Balaban J connectivity index is 2.39. The van der Waals surface area contributed by atoms with E-state index in [-0.39, 0.29) is 11.3 Å². The minimum atomic E-state index is -0.172. The van der Waals surface area contributed by atoms with Crippen molar-refractivity contribution in [3.63, 3.8) is 0 Å². The van der Waals surface area contributed by atoms with E-state index in [1.54, 1.807) is 31.2 Å². The Morgan fingerprint density at radius 1 is 1.14 bits per heavy atom. The molecule has 0 amide bonds. The van der Waals surface area contributed by atoms with Crippen LogP contribution in [0.3, 0.4) is 0 Å². The highest BCUT2D eigenvalue weighted by atomic mass is 35.5. The summed E-state index contributed by atoms with van der Waals surface area (Å²) in [7, 11) is 0. The second kappa shape index (κ2) is 4.90. The number of hydrogen-bond donors (Lipinski definition) is 1. The summed E-state index contributed by atoms with van der Waals surface area (Å²) in [5.41, 5.74) is 2.02. The highest BCUT2D eigenvalue weighted by molar-refractivity contribution is 6.31. The molecule has 0 saturated heterocycles. The van der Waals surface area contributed by atoms with Crippen molar-refractivity contribution in [3.8, 4) is 11.4 Å². The van der Waals surface area contributed by atoms with Crippen molar-refractivity contribution in [1.29, 1.82) is 0 Å². The Kier molecular flexibility index (Phi) is 3.18. The normalized spacial score (nSPS) is 11.0. The third kappa shape index (κ3) is 2.28. The third-order valence-electron chi connectivity index (χ3n) is 3.40. The zero-order valence-corrected chi connectivity index (χ0v) is 12.3. The molecular formula is C16H13ClN2O2. The molecule has 0 spiro atoms. The molecule has 3 rings (SSSR count). The van der Waals surface area contributed by atoms with E-state index in [2.05, 4.69) is 4.98 Å². The van der Waals surface area contributed by atoms with Crippen LogP contribution in [0.4, 0.5) is 0 Å². The van der Waals surface area contributed by atoms with Crippen LogP contribution < -0.4 is 5.56 Å². The van der Waals surface area contributed by atoms with Crippen LogP contribution in [-0.4, -0.2) is 14.7 Å². The summed E-state index contributed by atoms with van der Waals surface area (Å²) in [4.78, 5) is 17.3. The molecule has 0 atom stereocenters. The van der Waals surface area contributed by atoms with Gasteiger partial charge in [-0.3, -0.25) is 9.36 Å². The molecule has 2 aromatic carbocycles. The van der Waals surface area contributed by atoms with Crippen LogP contribution in [0.25, 0.3) is 16.6 Å². The van der Waals surface area contributed by atoms with Gasteiger partial charge in [0, 0.05) is 5.02 Å². The summed E-state index contributed by atoms with van der Waals surface area (Å²) >= 11 is 6.05. The van der Waals surface area contributed by atoms with Gasteiger partial charge in [-0.15, -0.1) is 0 Å². The first-order chi connectivity index (χ1) is 9.97. The zero-order valence-electron chi connectivity index (χ0n) is 11.6. The topological polar surface area (TPSA) is 55.1 Å². The van der Waals surface area contributed by atoms with Gasteiger partial charge in [-0.05, 0) is 55.8 Å². The lowest BCUT2D eigenvalue weighted by Crippen LogP contribution is -2.22. The Bertz CT molecular complexity index is 899.